The molecule has 1 fully saturated rings. The van der Waals surface area contributed by atoms with Crippen LogP contribution in [0.5, 0.6) is 5.75 Å². The van der Waals surface area contributed by atoms with Crippen molar-refractivity contribution in [1.82, 2.24) is 5.32 Å². The fraction of sp³-hybridized carbons (Fsp3) is 0.500. The molecular formula is C12H17NO. The van der Waals surface area contributed by atoms with Crippen molar-refractivity contribution in [3.05, 3.63) is 29.8 Å². The van der Waals surface area contributed by atoms with Crippen molar-refractivity contribution in [2.24, 2.45) is 5.92 Å². The third-order valence-corrected chi connectivity index (χ3v) is 2.86. The van der Waals surface area contributed by atoms with Crippen LogP contribution in [-0.2, 0) is 6.42 Å². The van der Waals surface area contributed by atoms with E-state index in [4.69, 9.17) is 5.11 Å². The topological polar surface area (TPSA) is 32.3 Å². The molecule has 0 radical (unpaired) electrons. The van der Waals surface area contributed by atoms with Gasteiger partial charge >= 0.3 is 0 Å². The van der Waals surface area contributed by atoms with Gasteiger partial charge in [0.05, 0.1) is 0 Å². The lowest BCUT2D eigenvalue weighted by molar-refractivity contribution is 0.376. The fourth-order valence-corrected chi connectivity index (χ4v) is 2.06. The summed E-state index contributed by atoms with van der Waals surface area (Å²) in [6.07, 6.45) is 3.75. The molecule has 1 aliphatic heterocycles. The molecule has 0 unspecified atom stereocenters. The maximum Gasteiger partial charge on any atom is 0.115 e. The Labute approximate surface area is 85.0 Å². The minimum atomic E-state index is 0.357. The van der Waals surface area contributed by atoms with Gasteiger partial charge in [-0.1, -0.05) is 12.1 Å². The second kappa shape index (κ2) is 4.47. The van der Waals surface area contributed by atoms with E-state index in [1.807, 2.05) is 12.1 Å². The zero-order chi connectivity index (χ0) is 9.80. The van der Waals surface area contributed by atoms with Gasteiger partial charge in [0, 0.05) is 0 Å². The Kier molecular flexibility index (Phi) is 3.04. The van der Waals surface area contributed by atoms with Crippen LogP contribution < -0.4 is 5.32 Å². The van der Waals surface area contributed by atoms with E-state index in [0.717, 1.165) is 18.9 Å². The average molecular weight is 191 g/mol. The number of aromatic hydroxyl groups is 1. The molecule has 0 aliphatic carbocycles. The molecule has 0 amide bonds. The Balaban J connectivity index is 1.92. The quantitative estimate of drug-likeness (QED) is 0.748. The third kappa shape index (κ3) is 2.48. The first-order valence-electron chi connectivity index (χ1n) is 5.33. The molecule has 0 saturated carbocycles. The van der Waals surface area contributed by atoms with Crippen LogP contribution in [-0.4, -0.2) is 18.2 Å². The van der Waals surface area contributed by atoms with E-state index < -0.39 is 0 Å². The van der Waals surface area contributed by atoms with Crippen LogP contribution in [0.15, 0.2) is 24.3 Å². The molecular weight excluding hydrogens is 174 g/mol. The molecule has 14 heavy (non-hydrogen) atoms. The molecule has 2 N–H and O–H groups in total. The van der Waals surface area contributed by atoms with Gasteiger partial charge in [0.1, 0.15) is 5.75 Å². The van der Waals surface area contributed by atoms with Gasteiger partial charge in [-0.3, -0.25) is 0 Å². The lowest BCUT2D eigenvalue weighted by Gasteiger charge is -2.22. The minimum absolute atomic E-state index is 0.357. The van der Waals surface area contributed by atoms with Gasteiger partial charge in [0.2, 0.25) is 0 Å². The summed E-state index contributed by atoms with van der Waals surface area (Å²) in [7, 11) is 0. The minimum Gasteiger partial charge on any atom is -0.508 e. The van der Waals surface area contributed by atoms with E-state index in [9.17, 15) is 0 Å². The number of phenols is 1. The molecule has 1 aromatic carbocycles. The van der Waals surface area contributed by atoms with Crippen molar-refractivity contribution in [3.63, 3.8) is 0 Å². The summed E-state index contributed by atoms with van der Waals surface area (Å²) in [5, 5.41) is 12.6. The van der Waals surface area contributed by atoms with Gasteiger partial charge in [0.15, 0.2) is 0 Å². The van der Waals surface area contributed by atoms with E-state index in [2.05, 4.69) is 5.32 Å². The van der Waals surface area contributed by atoms with Crippen molar-refractivity contribution >= 4 is 0 Å². The molecule has 76 valence electrons. The summed E-state index contributed by atoms with van der Waals surface area (Å²) >= 11 is 0. The number of phenolic OH excluding ortho intramolecular Hbond substituents is 1. The van der Waals surface area contributed by atoms with E-state index >= 15 is 0 Å². The smallest absolute Gasteiger partial charge is 0.115 e. The number of hydrogen-bond donors (Lipinski definition) is 2. The van der Waals surface area contributed by atoms with Gasteiger partial charge in [-0.2, -0.15) is 0 Å². The van der Waals surface area contributed by atoms with Crippen molar-refractivity contribution in [2.75, 3.05) is 13.1 Å². The molecule has 1 heterocycles. The standard InChI is InChI=1S/C12H17NO/c14-12-5-3-10(4-6-12)8-11-2-1-7-13-9-11/h3-6,11,13-14H,1-2,7-9H2/t11-/m0/s1. The monoisotopic (exact) mass is 191 g/mol. The second-order valence-electron chi connectivity index (χ2n) is 4.08. The van der Waals surface area contributed by atoms with Crippen LogP contribution in [0.25, 0.3) is 0 Å². The van der Waals surface area contributed by atoms with Gasteiger partial charge in [-0.15, -0.1) is 0 Å². The summed E-state index contributed by atoms with van der Waals surface area (Å²) in [5.41, 5.74) is 1.33. The molecule has 2 nitrogen and oxygen atoms in total. The molecule has 2 heteroatoms. The Hall–Kier alpha value is -1.02. The Morgan fingerprint density at radius 2 is 2.07 bits per heavy atom. The second-order valence-corrected chi connectivity index (χ2v) is 4.08. The molecule has 0 spiro atoms. The van der Waals surface area contributed by atoms with E-state index in [1.165, 1.54) is 24.9 Å². The average Bonchev–Trinajstić information content (AvgIpc) is 2.23. The zero-order valence-electron chi connectivity index (χ0n) is 8.37. The highest BCUT2D eigenvalue weighted by Gasteiger charge is 2.12. The normalized spacial score (nSPS) is 22.1. The van der Waals surface area contributed by atoms with E-state index in [0.29, 0.717) is 5.75 Å². The summed E-state index contributed by atoms with van der Waals surface area (Å²) in [6, 6.07) is 7.57. The van der Waals surface area contributed by atoms with Crippen molar-refractivity contribution in [3.8, 4) is 5.75 Å². The van der Waals surface area contributed by atoms with Gasteiger partial charge in [-0.05, 0) is 56.0 Å². The predicted octanol–water partition coefficient (Wildman–Crippen LogP) is 1.93. The van der Waals surface area contributed by atoms with E-state index in [1.54, 1.807) is 12.1 Å². The fourth-order valence-electron chi connectivity index (χ4n) is 2.06. The Morgan fingerprint density at radius 1 is 1.29 bits per heavy atom. The molecule has 0 aromatic heterocycles. The number of piperidine rings is 1. The molecule has 1 atom stereocenters. The van der Waals surface area contributed by atoms with Crippen molar-refractivity contribution < 1.29 is 5.11 Å². The highest BCUT2D eigenvalue weighted by molar-refractivity contribution is 5.26. The molecule has 1 aromatic rings. The van der Waals surface area contributed by atoms with Crippen molar-refractivity contribution in [1.29, 1.82) is 0 Å². The summed E-state index contributed by atoms with van der Waals surface area (Å²) in [4.78, 5) is 0. The summed E-state index contributed by atoms with van der Waals surface area (Å²) < 4.78 is 0. The lowest BCUT2D eigenvalue weighted by atomic mass is 9.92. The molecule has 1 saturated heterocycles. The predicted molar refractivity (Wildman–Crippen MR) is 57.4 cm³/mol. The maximum absolute atomic E-state index is 9.15. The first kappa shape index (κ1) is 9.53. The number of benzene rings is 1. The first-order chi connectivity index (χ1) is 6.84. The Morgan fingerprint density at radius 3 is 2.71 bits per heavy atom. The maximum atomic E-state index is 9.15. The first-order valence-corrected chi connectivity index (χ1v) is 5.33. The molecule has 2 rings (SSSR count). The largest absolute Gasteiger partial charge is 0.508 e. The van der Waals surface area contributed by atoms with Crippen LogP contribution in [0.2, 0.25) is 0 Å². The van der Waals surface area contributed by atoms with Crippen LogP contribution >= 0.6 is 0 Å². The van der Waals surface area contributed by atoms with Crippen LogP contribution in [0.4, 0.5) is 0 Å². The highest BCUT2D eigenvalue weighted by Crippen LogP contribution is 2.18. The third-order valence-electron chi connectivity index (χ3n) is 2.86. The van der Waals surface area contributed by atoms with Crippen LogP contribution in [0.3, 0.4) is 0 Å². The van der Waals surface area contributed by atoms with Gasteiger partial charge < -0.3 is 10.4 Å². The SMILES string of the molecule is Oc1ccc(C[C@@H]2CCCNC2)cc1. The number of hydrogen-bond acceptors (Lipinski definition) is 2. The highest BCUT2D eigenvalue weighted by atomic mass is 16.3. The van der Waals surface area contributed by atoms with E-state index in [-0.39, 0.29) is 0 Å². The lowest BCUT2D eigenvalue weighted by Crippen LogP contribution is -2.30. The van der Waals surface area contributed by atoms with Gasteiger partial charge in [-0.25, -0.2) is 0 Å². The zero-order valence-corrected chi connectivity index (χ0v) is 8.37. The van der Waals surface area contributed by atoms with Crippen molar-refractivity contribution in [2.45, 2.75) is 19.3 Å². The van der Waals surface area contributed by atoms with Crippen LogP contribution in [0.1, 0.15) is 18.4 Å². The number of nitrogens with one attached hydrogen (secondary N) is 1. The number of rotatable bonds is 2. The van der Waals surface area contributed by atoms with Crippen LogP contribution in [0, 0.1) is 5.92 Å². The molecule has 0 bridgehead atoms. The van der Waals surface area contributed by atoms with Gasteiger partial charge in [0.25, 0.3) is 0 Å². The Bertz CT molecular complexity index is 275. The molecule has 1 aliphatic rings. The summed E-state index contributed by atoms with van der Waals surface area (Å²) in [6.45, 7) is 2.31. The summed E-state index contributed by atoms with van der Waals surface area (Å²) in [5.74, 6) is 1.13.